The highest BCUT2D eigenvalue weighted by molar-refractivity contribution is 6.43. The molecule has 2 aromatic carbocycles. The molecule has 2 aromatic rings. The van der Waals surface area contributed by atoms with Gasteiger partial charge in [0.15, 0.2) is 0 Å². The minimum atomic E-state index is -0.808. The quantitative estimate of drug-likeness (QED) is 0.817. The Morgan fingerprint density at radius 1 is 1.04 bits per heavy atom. The second-order valence-electron chi connectivity index (χ2n) is 5.60. The fraction of sp³-hybridized carbons (Fsp3) is 0.235. The second-order valence-corrected chi connectivity index (χ2v) is 6.39. The first kappa shape index (κ1) is 17.8. The minimum absolute atomic E-state index is 0.0493. The average molecular weight is 386 g/mol. The van der Waals surface area contributed by atoms with E-state index in [4.69, 9.17) is 23.2 Å². The van der Waals surface area contributed by atoms with E-state index in [-0.39, 0.29) is 5.69 Å². The van der Waals surface area contributed by atoms with Gasteiger partial charge in [-0.05, 0) is 24.3 Å². The van der Waals surface area contributed by atoms with Gasteiger partial charge in [0.2, 0.25) is 0 Å². The van der Waals surface area contributed by atoms with Crippen molar-refractivity contribution in [1.29, 1.82) is 0 Å². The molecule has 1 N–H and O–H groups in total. The van der Waals surface area contributed by atoms with Crippen molar-refractivity contribution in [1.82, 2.24) is 4.90 Å². The number of hydrogen-bond donors (Lipinski definition) is 1. The van der Waals surface area contributed by atoms with Gasteiger partial charge in [-0.15, -0.1) is 0 Å². The van der Waals surface area contributed by atoms with Crippen molar-refractivity contribution in [2.75, 3.05) is 36.4 Å². The van der Waals surface area contributed by atoms with Crippen LogP contribution in [0.15, 0.2) is 36.4 Å². The maximum atomic E-state index is 13.6. The summed E-state index contributed by atoms with van der Waals surface area (Å²) in [6, 6.07) is 8.01. The molecule has 0 aromatic heterocycles. The molecule has 1 saturated heterocycles. The van der Waals surface area contributed by atoms with Crippen LogP contribution in [0, 0.1) is 11.6 Å². The van der Waals surface area contributed by atoms with E-state index in [1.807, 2.05) is 17.0 Å². The zero-order chi connectivity index (χ0) is 18.0. The van der Waals surface area contributed by atoms with Crippen molar-refractivity contribution in [2.24, 2.45) is 0 Å². The summed E-state index contributed by atoms with van der Waals surface area (Å²) in [5, 5.41) is 3.42. The van der Waals surface area contributed by atoms with Crippen LogP contribution in [0.25, 0.3) is 0 Å². The van der Waals surface area contributed by atoms with Crippen LogP contribution in [0.5, 0.6) is 0 Å². The molecule has 8 heteroatoms. The Morgan fingerprint density at radius 3 is 2.44 bits per heavy atom. The monoisotopic (exact) mass is 385 g/mol. The fourth-order valence-electron chi connectivity index (χ4n) is 2.67. The molecule has 132 valence electrons. The highest BCUT2D eigenvalue weighted by atomic mass is 35.5. The Bertz CT molecular complexity index is 795. The zero-order valence-corrected chi connectivity index (χ0v) is 14.6. The molecule has 0 aliphatic carbocycles. The van der Waals surface area contributed by atoms with E-state index in [1.165, 1.54) is 6.07 Å². The number of piperazine rings is 1. The van der Waals surface area contributed by atoms with E-state index in [2.05, 4.69) is 5.32 Å². The summed E-state index contributed by atoms with van der Waals surface area (Å²) in [4.78, 5) is 15.9. The smallest absolute Gasteiger partial charge is 0.322 e. The first-order valence-corrected chi connectivity index (χ1v) is 8.41. The lowest BCUT2D eigenvalue weighted by Gasteiger charge is -2.36. The first-order chi connectivity index (χ1) is 12.0. The molecule has 0 bridgehead atoms. The number of halogens is 4. The van der Waals surface area contributed by atoms with Gasteiger partial charge in [-0.2, -0.15) is 0 Å². The summed E-state index contributed by atoms with van der Waals surface area (Å²) < 4.78 is 26.6. The van der Waals surface area contributed by atoms with Crippen LogP contribution in [0.3, 0.4) is 0 Å². The minimum Gasteiger partial charge on any atom is -0.367 e. The van der Waals surface area contributed by atoms with E-state index in [9.17, 15) is 13.6 Å². The Balaban J connectivity index is 1.62. The van der Waals surface area contributed by atoms with E-state index in [1.54, 1.807) is 11.0 Å². The van der Waals surface area contributed by atoms with Crippen molar-refractivity contribution in [3.05, 3.63) is 58.1 Å². The topological polar surface area (TPSA) is 35.6 Å². The molecule has 0 unspecified atom stereocenters. The summed E-state index contributed by atoms with van der Waals surface area (Å²) in [5.74, 6) is -1.50. The molecule has 1 heterocycles. The van der Waals surface area contributed by atoms with Gasteiger partial charge in [0.1, 0.15) is 11.6 Å². The van der Waals surface area contributed by atoms with Gasteiger partial charge in [-0.3, -0.25) is 0 Å². The Labute approximate surface area is 153 Å². The molecule has 4 nitrogen and oxygen atoms in total. The number of carbonyl (C=O) groups is 1. The highest BCUT2D eigenvalue weighted by Crippen LogP contribution is 2.32. The maximum absolute atomic E-state index is 13.6. The molecule has 1 aliphatic heterocycles. The number of rotatable bonds is 2. The number of benzene rings is 2. The molecular weight excluding hydrogens is 371 g/mol. The van der Waals surface area contributed by atoms with E-state index in [0.717, 1.165) is 17.8 Å². The van der Waals surface area contributed by atoms with Gasteiger partial charge in [0, 0.05) is 32.2 Å². The Kier molecular flexibility index (Phi) is 5.30. The Morgan fingerprint density at radius 2 is 1.76 bits per heavy atom. The van der Waals surface area contributed by atoms with E-state index < -0.39 is 17.7 Å². The number of nitrogens with one attached hydrogen (secondary N) is 1. The van der Waals surface area contributed by atoms with Crippen molar-refractivity contribution >= 4 is 40.6 Å². The molecule has 0 saturated carbocycles. The van der Waals surface area contributed by atoms with Gasteiger partial charge in [0.05, 0.1) is 21.4 Å². The third-order valence-corrected chi connectivity index (χ3v) is 4.82. The van der Waals surface area contributed by atoms with Gasteiger partial charge in [-0.1, -0.05) is 29.3 Å². The number of amides is 2. The maximum Gasteiger partial charge on any atom is 0.322 e. The number of carbonyl (C=O) groups excluding carboxylic acids is 1. The van der Waals surface area contributed by atoms with Crippen LogP contribution in [0.2, 0.25) is 10.0 Å². The van der Waals surface area contributed by atoms with Gasteiger partial charge in [-0.25, -0.2) is 13.6 Å². The number of hydrogen-bond acceptors (Lipinski definition) is 2. The largest absolute Gasteiger partial charge is 0.367 e. The molecule has 25 heavy (non-hydrogen) atoms. The number of anilines is 2. The summed E-state index contributed by atoms with van der Waals surface area (Å²) in [7, 11) is 0. The normalized spacial score (nSPS) is 14.6. The van der Waals surface area contributed by atoms with Crippen LogP contribution in [-0.2, 0) is 0 Å². The average Bonchev–Trinajstić information content (AvgIpc) is 2.60. The molecule has 0 spiro atoms. The third-order valence-electron chi connectivity index (χ3n) is 4.01. The summed E-state index contributed by atoms with van der Waals surface area (Å²) in [5.41, 5.74) is 0.769. The van der Waals surface area contributed by atoms with Crippen molar-refractivity contribution in [3.8, 4) is 0 Å². The van der Waals surface area contributed by atoms with Crippen LogP contribution in [-0.4, -0.2) is 37.1 Å². The van der Waals surface area contributed by atoms with Crippen LogP contribution < -0.4 is 10.2 Å². The Hall–Kier alpha value is -2.05. The molecule has 3 rings (SSSR count). The van der Waals surface area contributed by atoms with Gasteiger partial charge >= 0.3 is 6.03 Å². The molecule has 0 radical (unpaired) electrons. The van der Waals surface area contributed by atoms with E-state index in [0.29, 0.717) is 36.2 Å². The van der Waals surface area contributed by atoms with E-state index >= 15 is 0 Å². The van der Waals surface area contributed by atoms with Gasteiger partial charge < -0.3 is 15.1 Å². The zero-order valence-electron chi connectivity index (χ0n) is 13.1. The lowest BCUT2D eigenvalue weighted by molar-refractivity contribution is 0.208. The molecule has 1 aliphatic rings. The predicted molar refractivity (Wildman–Crippen MR) is 95.6 cm³/mol. The van der Waals surface area contributed by atoms with Crippen LogP contribution in [0.1, 0.15) is 0 Å². The van der Waals surface area contributed by atoms with Crippen LogP contribution >= 0.6 is 23.2 Å². The third kappa shape index (κ3) is 3.96. The summed E-state index contributed by atoms with van der Waals surface area (Å²) in [6.07, 6.45) is 0. The molecule has 2 amide bonds. The lowest BCUT2D eigenvalue weighted by atomic mass is 10.2. The molecular formula is C17H15Cl2F2N3O. The number of urea groups is 1. The molecule has 1 fully saturated rings. The van der Waals surface area contributed by atoms with Crippen molar-refractivity contribution in [2.45, 2.75) is 0 Å². The summed E-state index contributed by atoms with van der Waals surface area (Å²) in [6.45, 7) is 2.02. The SMILES string of the molecule is O=C(Nc1ccc(F)cc1F)N1CCN(c2cccc(Cl)c2Cl)CC1. The second kappa shape index (κ2) is 7.45. The van der Waals surface area contributed by atoms with Crippen LogP contribution in [0.4, 0.5) is 25.0 Å². The van der Waals surface area contributed by atoms with Crippen molar-refractivity contribution < 1.29 is 13.6 Å². The summed E-state index contributed by atoms with van der Waals surface area (Å²) >= 11 is 12.3. The fourth-order valence-corrected chi connectivity index (χ4v) is 3.09. The lowest BCUT2D eigenvalue weighted by Crippen LogP contribution is -2.50. The van der Waals surface area contributed by atoms with Crippen molar-refractivity contribution in [3.63, 3.8) is 0 Å². The van der Waals surface area contributed by atoms with Gasteiger partial charge in [0.25, 0.3) is 0 Å². The first-order valence-electron chi connectivity index (χ1n) is 7.65. The predicted octanol–water partition coefficient (Wildman–Crippen LogP) is 4.63. The molecule has 0 atom stereocenters. The highest BCUT2D eigenvalue weighted by Gasteiger charge is 2.23. The number of nitrogens with zero attached hydrogens (tertiary/aromatic N) is 2. The standard InChI is InChI=1S/C17H15Cl2F2N3O/c18-12-2-1-3-15(16(12)19)23-6-8-24(9-7-23)17(25)22-14-5-4-11(20)10-13(14)21/h1-5,10H,6-9H2,(H,22,25).